The first-order valence-electron chi connectivity index (χ1n) is 14.8. The maximum Gasteiger partial charge on any atom is 0.585 e. The molecule has 2 aromatic carbocycles. The van der Waals surface area contributed by atoms with E-state index in [2.05, 4.69) is 6.92 Å². The topological polar surface area (TPSA) is 68.9 Å². The number of ether oxygens (including phenoxy) is 1. The van der Waals surface area contributed by atoms with Crippen molar-refractivity contribution < 1.29 is 27.8 Å². The van der Waals surface area contributed by atoms with Gasteiger partial charge in [0.15, 0.2) is 24.2 Å². The molecule has 0 aliphatic carbocycles. The minimum Gasteiger partial charge on any atom is -0.490 e. The number of phosphoric acid groups is 1. The Bertz CT molecular complexity index is 1330. The highest BCUT2D eigenvalue weighted by Crippen LogP contribution is 2.55. The van der Waals surface area contributed by atoms with Crippen molar-refractivity contribution in [3.05, 3.63) is 66.5 Å². The van der Waals surface area contributed by atoms with Gasteiger partial charge in [0.05, 0.1) is 11.5 Å². The van der Waals surface area contributed by atoms with E-state index in [1.165, 1.54) is 62.7 Å². The second kappa shape index (κ2) is 18.7. The molecule has 3 aromatic rings. The Morgan fingerprint density at radius 3 is 1.93 bits per heavy atom. The van der Waals surface area contributed by atoms with Crippen molar-refractivity contribution in [3.8, 4) is 17.2 Å². The Balaban J connectivity index is 1.48. The molecule has 0 saturated carbocycles. The van der Waals surface area contributed by atoms with Crippen LogP contribution in [0.5, 0.6) is 17.2 Å². The fraction of sp³-hybridized carbons (Fsp3) is 0.516. The Hall–Kier alpha value is -1.18. The van der Waals surface area contributed by atoms with Crippen LogP contribution in [0.4, 0.5) is 0 Å². The van der Waals surface area contributed by atoms with Gasteiger partial charge >= 0.3 is 7.82 Å². The minimum absolute atomic E-state index is 0.0601. The van der Waals surface area contributed by atoms with Crippen molar-refractivity contribution in [2.45, 2.75) is 97.4 Å². The Morgan fingerprint density at radius 2 is 1.37 bits per heavy atom. The second-order valence-electron chi connectivity index (χ2n) is 10.6. The Labute approximate surface area is 279 Å². The van der Waals surface area contributed by atoms with Gasteiger partial charge in [-0.25, -0.2) is 4.57 Å². The number of thiazole rings is 1. The maximum atomic E-state index is 12.9. The molecule has 1 heterocycles. The van der Waals surface area contributed by atoms with Crippen LogP contribution in [0.2, 0.25) is 20.1 Å². The van der Waals surface area contributed by atoms with E-state index in [0.29, 0.717) is 13.2 Å². The van der Waals surface area contributed by atoms with E-state index in [9.17, 15) is 9.46 Å². The van der Waals surface area contributed by atoms with E-state index in [0.717, 1.165) is 24.8 Å². The van der Waals surface area contributed by atoms with Crippen molar-refractivity contribution in [2.24, 2.45) is 0 Å². The molecule has 0 spiro atoms. The predicted octanol–water partition coefficient (Wildman–Crippen LogP) is 11.6. The molecule has 1 N–H and O–H groups in total. The van der Waals surface area contributed by atoms with E-state index < -0.39 is 7.82 Å². The molecule has 6 nitrogen and oxygen atoms in total. The van der Waals surface area contributed by atoms with Crippen LogP contribution in [0.1, 0.15) is 94.4 Å². The van der Waals surface area contributed by atoms with E-state index in [-0.39, 0.29) is 37.3 Å². The van der Waals surface area contributed by atoms with Crippen LogP contribution in [-0.4, -0.2) is 11.5 Å². The molecule has 0 bridgehead atoms. The molecule has 0 fully saturated rings. The highest BCUT2D eigenvalue weighted by atomic mass is 35.5. The van der Waals surface area contributed by atoms with Gasteiger partial charge in [0.25, 0.3) is 0 Å². The number of unbranched alkanes of at least 4 members (excludes halogenated alkanes) is 11. The van der Waals surface area contributed by atoms with Crippen LogP contribution in [0.15, 0.2) is 36.0 Å². The first kappa shape index (κ1) is 36.3. The number of aromatic nitrogens is 1. The van der Waals surface area contributed by atoms with Gasteiger partial charge in [-0.05, 0) is 25.5 Å². The van der Waals surface area contributed by atoms with Gasteiger partial charge in [0.2, 0.25) is 5.51 Å². The second-order valence-corrected chi connectivity index (χ2v) is 14.5. The zero-order chi connectivity index (χ0) is 31.2. The summed E-state index contributed by atoms with van der Waals surface area (Å²) in [5, 5.41) is -0.515. The molecule has 1 aromatic heterocycles. The van der Waals surface area contributed by atoms with Gasteiger partial charge in [-0.15, -0.1) is 0 Å². The number of hydrogen-bond donors (Lipinski definition) is 1. The maximum absolute atomic E-state index is 12.9. The summed E-state index contributed by atoms with van der Waals surface area (Å²) >= 11 is 27.3. The van der Waals surface area contributed by atoms with Crippen molar-refractivity contribution in [1.29, 1.82) is 0 Å². The third-order valence-electron chi connectivity index (χ3n) is 6.84. The fourth-order valence-electron chi connectivity index (χ4n) is 4.62. The first-order valence-corrected chi connectivity index (χ1v) is 18.7. The van der Waals surface area contributed by atoms with Crippen molar-refractivity contribution in [2.75, 3.05) is 6.61 Å². The number of benzene rings is 2. The summed E-state index contributed by atoms with van der Waals surface area (Å²) < 4.78 is 31.3. The zero-order valence-electron chi connectivity index (χ0n) is 24.8. The number of aryl methyl sites for hydroxylation is 1. The Kier molecular flexibility index (Phi) is 15.8. The molecular formula is C31H41Cl4NO5PS+. The molecular weight excluding hydrogens is 671 g/mol. The summed E-state index contributed by atoms with van der Waals surface area (Å²) in [4.78, 5) is 11.7. The van der Waals surface area contributed by atoms with Gasteiger partial charge in [-0.3, -0.25) is 4.89 Å². The zero-order valence-corrected chi connectivity index (χ0v) is 29.5. The fourth-order valence-corrected chi connectivity index (χ4v) is 7.20. The van der Waals surface area contributed by atoms with Crippen LogP contribution in [0.25, 0.3) is 0 Å². The first-order chi connectivity index (χ1) is 20.6. The molecule has 0 aliphatic heterocycles. The van der Waals surface area contributed by atoms with Gasteiger partial charge in [-0.2, -0.15) is 4.57 Å². The van der Waals surface area contributed by atoms with E-state index >= 15 is 0 Å². The predicted molar refractivity (Wildman–Crippen MR) is 179 cm³/mol. The smallest absolute Gasteiger partial charge is 0.490 e. The molecule has 238 valence electrons. The van der Waals surface area contributed by atoms with Crippen LogP contribution in [0.3, 0.4) is 0 Å². The normalized spacial score (nSPS) is 12.7. The van der Waals surface area contributed by atoms with Gasteiger partial charge in [-0.1, -0.05) is 147 Å². The van der Waals surface area contributed by atoms with Crippen LogP contribution in [0, 0.1) is 6.92 Å². The SMILES string of the molecule is CCCCCCCCCCCCCCOc1c(Cl)c(Cl)c(OP(=O)(O)Oc2cccc(C[n+]3csc(C)c3)c2)c(Cl)c1Cl. The van der Waals surface area contributed by atoms with Crippen LogP contribution >= 0.6 is 65.6 Å². The summed E-state index contributed by atoms with van der Waals surface area (Å²) in [7, 11) is -4.73. The van der Waals surface area contributed by atoms with Crippen LogP contribution in [-0.2, 0) is 11.1 Å². The number of nitrogens with zero attached hydrogens (tertiary/aromatic N) is 1. The molecule has 0 aliphatic rings. The summed E-state index contributed by atoms with van der Waals surface area (Å²) in [6.45, 7) is 5.22. The third-order valence-corrected chi connectivity index (χ3v) is 10.2. The number of hydrogen-bond acceptors (Lipinski definition) is 5. The summed E-state index contributed by atoms with van der Waals surface area (Å²) in [6.07, 6.45) is 16.8. The summed E-state index contributed by atoms with van der Waals surface area (Å²) in [6, 6.07) is 6.82. The summed E-state index contributed by atoms with van der Waals surface area (Å²) in [5.74, 6) is -0.110. The van der Waals surface area contributed by atoms with Gasteiger partial charge in [0, 0.05) is 5.56 Å². The molecule has 0 amide bonds. The van der Waals surface area contributed by atoms with Gasteiger partial charge < -0.3 is 13.8 Å². The molecule has 0 saturated heterocycles. The van der Waals surface area contributed by atoms with Gasteiger partial charge in [0.1, 0.15) is 25.8 Å². The molecule has 3 rings (SSSR count). The largest absolute Gasteiger partial charge is 0.585 e. The quantitative estimate of drug-likeness (QED) is 0.0547. The Morgan fingerprint density at radius 1 is 0.814 bits per heavy atom. The molecule has 43 heavy (non-hydrogen) atoms. The third kappa shape index (κ3) is 12.3. The molecule has 1 unspecified atom stereocenters. The van der Waals surface area contributed by atoms with Crippen molar-refractivity contribution >= 4 is 65.6 Å². The lowest BCUT2D eigenvalue weighted by Gasteiger charge is -2.19. The lowest BCUT2D eigenvalue weighted by Crippen LogP contribution is -2.30. The van der Waals surface area contributed by atoms with E-state index in [1.54, 1.807) is 29.5 Å². The molecule has 12 heteroatoms. The molecule has 1 atom stereocenters. The van der Waals surface area contributed by atoms with E-state index in [1.807, 2.05) is 29.3 Å². The number of rotatable bonds is 20. The number of halogens is 4. The van der Waals surface area contributed by atoms with E-state index in [4.69, 9.17) is 60.2 Å². The lowest BCUT2D eigenvalue weighted by atomic mass is 10.1. The highest BCUT2D eigenvalue weighted by Gasteiger charge is 2.32. The van der Waals surface area contributed by atoms with Crippen molar-refractivity contribution in [1.82, 2.24) is 0 Å². The molecule has 0 radical (unpaired) electrons. The standard InChI is InChI=1S/C31H40Cl4NO5PS/c1-3-4-5-6-7-8-9-10-11-12-13-14-18-39-30-26(32)28(34)31(29(35)27(30)33)41-42(37,38)40-25-17-15-16-24(19-25)21-36-20-23(2)43-22-36/h15-17,19-20,22H,3-14,18,21H2,1-2H3/p+1. The number of phosphoric ester groups is 1. The minimum atomic E-state index is -4.73. The average Bonchev–Trinajstić information content (AvgIpc) is 3.38. The average molecular weight is 713 g/mol. The highest BCUT2D eigenvalue weighted by molar-refractivity contribution is 7.48. The van der Waals surface area contributed by atoms with Crippen molar-refractivity contribution in [3.63, 3.8) is 0 Å². The van der Waals surface area contributed by atoms with Crippen LogP contribution < -0.4 is 18.4 Å². The lowest BCUT2D eigenvalue weighted by molar-refractivity contribution is -0.683. The summed E-state index contributed by atoms with van der Waals surface area (Å²) in [5.41, 5.74) is 2.86. The monoisotopic (exact) mass is 710 g/mol.